The topological polar surface area (TPSA) is 107 Å². The SMILES string of the molecule is NCCCC[C@H](N)C(=O)OC(=O)C1NCCS1.[H-].[Na+]. The third kappa shape index (κ3) is 6.51. The molecule has 2 atom stereocenters. The second kappa shape index (κ2) is 10.2. The molecule has 0 bridgehead atoms. The standard InChI is InChI=1S/C10H19N3O3S.Na.H/c11-4-2-1-3-7(12)9(14)16-10(15)8-13-5-6-17-8;;/h7-8,13H,1-6,11-12H2;;/q;+1;-1/t7-,8?;;/m0../s1. The molecule has 1 rings (SSSR count). The zero-order valence-electron chi connectivity index (χ0n) is 11.7. The van der Waals surface area contributed by atoms with E-state index < -0.39 is 23.4 Å². The Labute approximate surface area is 135 Å². The maximum atomic E-state index is 11.5. The minimum atomic E-state index is -0.739. The molecule has 1 aliphatic rings. The number of thioether (sulfide) groups is 1. The summed E-state index contributed by atoms with van der Waals surface area (Å²) >= 11 is 1.43. The first kappa shape index (κ1) is 18.4. The fourth-order valence-corrected chi connectivity index (χ4v) is 2.32. The number of unbranched alkanes of at least 4 members (excludes halogenated alkanes) is 1. The maximum absolute atomic E-state index is 11.5. The van der Waals surface area contributed by atoms with Gasteiger partial charge in [-0.25, -0.2) is 9.59 Å². The number of carbonyl (C=O) groups excluding carboxylic acids is 2. The molecule has 0 saturated carbocycles. The first-order chi connectivity index (χ1) is 8.15. The number of hydrogen-bond acceptors (Lipinski definition) is 7. The van der Waals surface area contributed by atoms with Crippen molar-refractivity contribution in [3.05, 3.63) is 0 Å². The molecule has 0 radical (unpaired) electrons. The van der Waals surface area contributed by atoms with Crippen molar-refractivity contribution in [2.24, 2.45) is 11.5 Å². The van der Waals surface area contributed by atoms with E-state index in [1.165, 1.54) is 11.8 Å². The van der Waals surface area contributed by atoms with Crippen LogP contribution in [0.1, 0.15) is 20.7 Å². The van der Waals surface area contributed by atoms with Gasteiger partial charge in [-0.3, -0.25) is 5.32 Å². The van der Waals surface area contributed by atoms with Gasteiger partial charge in [-0.1, -0.05) is 6.42 Å². The van der Waals surface area contributed by atoms with Crippen LogP contribution < -0.4 is 46.3 Å². The molecule has 18 heavy (non-hydrogen) atoms. The van der Waals surface area contributed by atoms with Gasteiger partial charge in [-0.2, -0.15) is 0 Å². The number of hydrogen-bond donors (Lipinski definition) is 3. The molecule has 1 heterocycles. The van der Waals surface area contributed by atoms with E-state index >= 15 is 0 Å². The van der Waals surface area contributed by atoms with Crippen LogP contribution in [0.3, 0.4) is 0 Å². The molecule has 6 nitrogen and oxygen atoms in total. The van der Waals surface area contributed by atoms with Gasteiger partial charge in [0.1, 0.15) is 6.04 Å². The number of ether oxygens (including phenoxy) is 1. The van der Waals surface area contributed by atoms with Crippen LogP contribution >= 0.6 is 11.8 Å². The summed E-state index contributed by atoms with van der Waals surface area (Å²) in [5.41, 5.74) is 10.9. The molecule has 0 amide bonds. The summed E-state index contributed by atoms with van der Waals surface area (Å²) in [5.74, 6) is -0.357. The van der Waals surface area contributed by atoms with Crippen molar-refractivity contribution in [1.82, 2.24) is 5.32 Å². The van der Waals surface area contributed by atoms with Crippen molar-refractivity contribution in [1.29, 1.82) is 0 Å². The van der Waals surface area contributed by atoms with Crippen LogP contribution in [0.2, 0.25) is 0 Å². The van der Waals surface area contributed by atoms with Crippen LogP contribution in [0.5, 0.6) is 0 Å². The van der Waals surface area contributed by atoms with E-state index in [1.54, 1.807) is 0 Å². The quantitative estimate of drug-likeness (QED) is 0.199. The molecule has 1 aliphatic heterocycles. The first-order valence-corrected chi connectivity index (χ1v) is 6.76. The van der Waals surface area contributed by atoms with Crippen LogP contribution in [0.25, 0.3) is 0 Å². The normalized spacial score (nSPS) is 20.0. The van der Waals surface area contributed by atoms with E-state index in [4.69, 9.17) is 16.2 Å². The fourth-order valence-electron chi connectivity index (χ4n) is 1.43. The maximum Gasteiger partial charge on any atom is 1.00 e. The van der Waals surface area contributed by atoms with Crippen LogP contribution in [0.15, 0.2) is 0 Å². The Morgan fingerprint density at radius 3 is 2.78 bits per heavy atom. The van der Waals surface area contributed by atoms with Crippen LogP contribution in [0.4, 0.5) is 0 Å². The molecule has 1 saturated heterocycles. The molecule has 100 valence electrons. The van der Waals surface area contributed by atoms with Crippen LogP contribution in [-0.2, 0) is 14.3 Å². The largest absolute Gasteiger partial charge is 1.00 e. The number of rotatable bonds is 6. The number of nitrogens with one attached hydrogen (secondary N) is 1. The molecule has 0 aromatic rings. The molecule has 1 fully saturated rings. The Kier molecular flexibility index (Phi) is 10.4. The van der Waals surface area contributed by atoms with Crippen molar-refractivity contribution in [2.45, 2.75) is 30.7 Å². The Bertz CT molecular complexity index is 281. The smallest absolute Gasteiger partial charge is 1.00 e. The summed E-state index contributed by atoms with van der Waals surface area (Å²) in [6.45, 7) is 1.32. The predicted molar refractivity (Wildman–Crippen MR) is 67.3 cm³/mol. The molecule has 8 heteroatoms. The van der Waals surface area contributed by atoms with E-state index in [9.17, 15) is 9.59 Å². The Hall–Kier alpha value is 0.370. The molecular weight excluding hydrogens is 265 g/mol. The average Bonchev–Trinajstić information content (AvgIpc) is 2.82. The van der Waals surface area contributed by atoms with Crippen molar-refractivity contribution in [3.8, 4) is 0 Å². The van der Waals surface area contributed by atoms with Gasteiger partial charge in [0.2, 0.25) is 0 Å². The summed E-state index contributed by atoms with van der Waals surface area (Å²) in [7, 11) is 0. The van der Waals surface area contributed by atoms with Gasteiger partial charge < -0.3 is 17.6 Å². The van der Waals surface area contributed by atoms with Crippen molar-refractivity contribution in [2.75, 3.05) is 18.8 Å². The summed E-state index contributed by atoms with van der Waals surface area (Å²) < 4.78 is 4.71. The minimum Gasteiger partial charge on any atom is -1.00 e. The molecule has 0 aromatic carbocycles. The Morgan fingerprint density at radius 2 is 2.22 bits per heavy atom. The summed E-state index contributed by atoms with van der Waals surface area (Å²) in [6, 6.07) is -0.739. The number of esters is 2. The van der Waals surface area contributed by atoms with Gasteiger partial charge >= 0.3 is 41.5 Å². The Balaban J connectivity index is 0. The van der Waals surface area contributed by atoms with E-state index in [1.807, 2.05) is 0 Å². The molecule has 0 aliphatic carbocycles. The van der Waals surface area contributed by atoms with Gasteiger partial charge in [0.15, 0.2) is 5.37 Å². The fraction of sp³-hybridized carbons (Fsp3) is 0.800. The number of nitrogens with two attached hydrogens (primary N) is 2. The Morgan fingerprint density at radius 1 is 1.50 bits per heavy atom. The molecule has 5 N–H and O–H groups in total. The number of carbonyl (C=O) groups is 2. The predicted octanol–water partition coefficient (Wildman–Crippen LogP) is -3.71. The van der Waals surface area contributed by atoms with Crippen molar-refractivity contribution < 1.29 is 45.3 Å². The van der Waals surface area contributed by atoms with Gasteiger partial charge in [-0.15, -0.1) is 11.8 Å². The van der Waals surface area contributed by atoms with Crippen molar-refractivity contribution in [3.63, 3.8) is 0 Å². The summed E-state index contributed by atoms with van der Waals surface area (Å²) in [5, 5.41) is 2.50. The van der Waals surface area contributed by atoms with Gasteiger partial charge in [0, 0.05) is 12.3 Å². The molecule has 0 aromatic heterocycles. The van der Waals surface area contributed by atoms with Crippen molar-refractivity contribution >= 4 is 23.7 Å². The van der Waals surface area contributed by atoms with E-state index in [0.717, 1.165) is 25.1 Å². The van der Waals surface area contributed by atoms with Crippen LogP contribution in [0, 0.1) is 0 Å². The van der Waals surface area contributed by atoms with E-state index in [2.05, 4.69) is 5.32 Å². The van der Waals surface area contributed by atoms with Gasteiger partial charge in [0.25, 0.3) is 0 Å². The third-order valence-electron chi connectivity index (χ3n) is 2.40. The molecule has 0 spiro atoms. The zero-order valence-corrected chi connectivity index (χ0v) is 13.5. The summed E-state index contributed by atoms with van der Waals surface area (Å²) in [4.78, 5) is 23.0. The molecule has 1 unspecified atom stereocenters. The monoisotopic (exact) mass is 285 g/mol. The molecular formula is C10H20N3NaO3S. The van der Waals surface area contributed by atoms with Gasteiger partial charge in [-0.05, 0) is 19.4 Å². The zero-order chi connectivity index (χ0) is 12.7. The summed E-state index contributed by atoms with van der Waals surface area (Å²) in [6.07, 6.45) is 2.07. The second-order valence-electron chi connectivity index (χ2n) is 3.84. The van der Waals surface area contributed by atoms with Gasteiger partial charge in [0.05, 0.1) is 0 Å². The minimum absolute atomic E-state index is 0. The average molecular weight is 285 g/mol. The second-order valence-corrected chi connectivity index (χ2v) is 5.05. The first-order valence-electron chi connectivity index (χ1n) is 5.71. The third-order valence-corrected chi connectivity index (χ3v) is 3.54. The van der Waals surface area contributed by atoms with E-state index in [-0.39, 0.29) is 31.0 Å². The van der Waals surface area contributed by atoms with Crippen LogP contribution in [-0.4, -0.2) is 42.2 Å². The van der Waals surface area contributed by atoms with E-state index in [0.29, 0.717) is 13.0 Å².